The molecule has 2 aliphatic heterocycles. The topological polar surface area (TPSA) is 98.2 Å². The number of amides is 1. The van der Waals surface area contributed by atoms with Crippen LogP contribution in [0.4, 0.5) is 18.9 Å². The molecule has 0 spiro atoms. The maximum atomic E-state index is 14.0. The van der Waals surface area contributed by atoms with E-state index >= 15 is 0 Å². The number of nitrogens with zero attached hydrogens (tertiary/aromatic N) is 3. The van der Waals surface area contributed by atoms with Crippen LogP contribution >= 0.6 is 0 Å². The van der Waals surface area contributed by atoms with Crippen LogP contribution in [0.5, 0.6) is 0 Å². The van der Waals surface area contributed by atoms with Gasteiger partial charge in [0.05, 0.1) is 15.7 Å². The molecule has 12 heteroatoms. The number of piperazine rings is 1. The molecule has 1 aromatic rings. The van der Waals surface area contributed by atoms with Crippen LogP contribution in [0.25, 0.3) is 0 Å². The quantitative estimate of drug-likeness (QED) is 0.657. The van der Waals surface area contributed by atoms with Crippen molar-refractivity contribution in [2.24, 2.45) is 5.41 Å². The molecule has 2 atom stereocenters. The van der Waals surface area contributed by atoms with Gasteiger partial charge >= 0.3 is 12.1 Å². The van der Waals surface area contributed by atoms with Crippen molar-refractivity contribution in [1.82, 2.24) is 9.80 Å². The van der Waals surface area contributed by atoms with Crippen LogP contribution in [0.1, 0.15) is 31.7 Å². The van der Waals surface area contributed by atoms with Crippen molar-refractivity contribution in [2.75, 3.05) is 44.7 Å². The van der Waals surface area contributed by atoms with Crippen molar-refractivity contribution in [3.63, 3.8) is 0 Å². The first kappa shape index (κ1) is 24.8. The number of benzene rings is 1. The van der Waals surface area contributed by atoms with Gasteiger partial charge in [-0.3, -0.25) is 4.79 Å². The average Bonchev–Trinajstić information content (AvgIpc) is 3.34. The summed E-state index contributed by atoms with van der Waals surface area (Å²) < 4.78 is 68.8. The molecular weight excluding hydrogens is 475 g/mol. The standard InChI is InChI=1S/C22H28F3N3O5S/c1-21(5-6-21)20(31)28-13-15(12-17(28)19(29)30)34(32,33)18-4-3-14(11-16(18)22(23,24)25)27-9-7-26(2)8-10-27/h3-4,11,15,17H,5-10,12-13H2,1-2H3,(H,29,30)/t15-,17+/m1/s1. The molecule has 1 amide bonds. The minimum Gasteiger partial charge on any atom is -0.480 e. The van der Waals surface area contributed by atoms with E-state index in [1.54, 1.807) is 11.8 Å². The molecule has 0 radical (unpaired) electrons. The number of carboxylic acids is 1. The number of carbonyl (C=O) groups excluding carboxylic acids is 1. The van der Waals surface area contributed by atoms with Gasteiger partial charge in [-0.25, -0.2) is 13.2 Å². The van der Waals surface area contributed by atoms with Crippen molar-refractivity contribution in [3.05, 3.63) is 23.8 Å². The van der Waals surface area contributed by atoms with Gasteiger partial charge in [0.2, 0.25) is 5.91 Å². The summed E-state index contributed by atoms with van der Waals surface area (Å²) in [5.74, 6) is -1.82. The third kappa shape index (κ3) is 4.49. The van der Waals surface area contributed by atoms with Crippen molar-refractivity contribution in [3.8, 4) is 0 Å². The molecule has 1 saturated carbocycles. The fraction of sp³-hybridized carbons (Fsp3) is 0.636. The second kappa shape index (κ2) is 8.40. The molecule has 3 aliphatic rings. The fourth-order valence-electron chi connectivity index (χ4n) is 4.66. The zero-order chi connectivity index (χ0) is 25.1. The van der Waals surface area contributed by atoms with E-state index in [1.807, 2.05) is 11.9 Å². The second-order valence-electron chi connectivity index (χ2n) is 9.74. The molecule has 3 fully saturated rings. The van der Waals surface area contributed by atoms with Crippen molar-refractivity contribution in [2.45, 2.75) is 48.5 Å². The molecule has 188 valence electrons. The number of halogens is 3. The van der Waals surface area contributed by atoms with Gasteiger partial charge in [0.15, 0.2) is 9.84 Å². The van der Waals surface area contributed by atoms with Crippen LogP contribution in [-0.4, -0.2) is 86.3 Å². The SMILES string of the molecule is CN1CCN(c2ccc(S(=O)(=O)[C@@H]3C[C@@H](C(=O)O)N(C(=O)C4(C)CC4)C3)c(C(F)(F)F)c2)CC1. The number of carbonyl (C=O) groups is 2. The van der Waals surface area contributed by atoms with Gasteiger partial charge in [-0.2, -0.15) is 13.2 Å². The molecule has 0 bridgehead atoms. The van der Waals surface area contributed by atoms with Crippen LogP contribution in [-0.2, 0) is 25.6 Å². The lowest BCUT2D eigenvalue weighted by Gasteiger charge is -2.34. The van der Waals surface area contributed by atoms with Crippen LogP contribution in [0.2, 0.25) is 0 Å². The number of carboxylic acid groups (broad SMARTS) is 1. The van der Waals surface area contributed by atoms with E-state index in [0.29, 0.717) is 39.0 Å². The van der Waals surface area contributed by atoms with Crippen LogP contribution in [0.3, 0.4) is 0 Å². The number of hydrogen-bond donors (Lipinski definition) is 1. The predicted octanol–water partition coefficient (Wildman–Crippen LogP) is 2.09. The lowest BCUT2D eigenvalue weighted by molar-refractivity contribution is -0.150. The Morgan fingerprint density at radius 2 is 1.74 bits per heavy atom. The molecule has 8 nitrogen and oxygen atoms in total. The summed E-state index contributed by atoms with van der Waals surface area (Å²) in [7, 11) is -2.66. The summed E-state index contributed by atoms with van der Waals surface area (Å²) in [6.07, 6.45) is -4.24. The van der Waals surface area contributed by atoms with Gasteiger partial charge in [0.25, 0.3) is 0 Å². The van der Waals surface area contributed by atoms with Crippen LogP contribution < -0.4 is 4.90 Å². The molecule has 1 aliphatic carbocycles. The highest BCUT2D eigenvalue weighted by Crippen LogP contribution is 2.48. The molecule has 0 aromatic heterocycles. The zero-order valence-electron chi connectivity index (χ0n) is 19.0. The summed E-state index contributed by atoms with van der Waals surface area (Å²) in [6, 6.07) is 1.80. The average molecular weight is 504 g/mol. The lowest BCUT2D eigenvalue weighted by atomic mass is 10.1. The first-order valence-corrected chi connectivity index (χ1v) is 12.7. The lowest BCUT2D eigenvalue weighted by Crippen LogP contribution is -2.44. The van der Waals surface area contributed by atoms with Gasteiger partial charge in [-0.1, -0.05) is 6.92 Å². The van der Waals surface area contributed by atoms with E-state index < -0.39 is 68.0 Å². The highest BCUT2D eigenvalue weighted by Gasteiger charge is 2.54. The number of likely N-dealkylation sites (N-methyl/N-ethyl adjacent to an activating group) is 1. The smallest absolute Gasteiger partial charge is 0.417 e. The minimum atomic E-state index is -4.92. The Bertz CT molecular complexity index is 1100. The molecule has 1 aromatic carbocycles. The number of hydrogen-bond acceptors (Lipinski definition) is 6. The third-order valence-electron chi connectivity index (χ3n) is 7.21. The summed E-state index contributed by atoms with van der Waals surface area (Å²) in [6.45, 7) is 3.60. The zero-order valence-corrected chi connectivity index (χ0v) is 19.8. The number of rotatable bonds is 5. The molecule has 1 N–H and O–H groups in total. The first-order chi connectivity index (χ1) is 15.7. The Morgan fingerprint density at radius 3 is 2.26 bits per heavy atom. The molecule has 0 unspecified atom stereocenters. The van der Waals surface area contributed by atoms with Gasteiger partial charge in [-0.15, -0.1) is 0 Å². The Morgan fingerprint density at radius 1 is 1.12 bits per heavy atom. The van der Waals surface area contributed by atoms with E-state index in [0.717, 1.165) is 17.0 Å². The predicted molar refractivity (Wildman–Crippen MR) is 117 cm³/mol. The largest absolute Gasteiger partial charge is 0.480 e. The third-order valence-corrected chi connectivity index (χ3v) is 9.40. The van der Waals surface area contributed by atoms with E-state index in [2.05, 4.69) is 0 Å². The normalized spacial score (nSPS) is 25.4. The molecule has 4 rings (SSSR count). The Kier molecular flexibility index (Phi) is 6.12. The number of anilines is 1. The maximum Gasteiger partial charge on any atom is 0.417 e. The van der Waals surface area contributed by atoms with E-state index in [1.165, 1.54) is 6.07 Å². The summed E-state index contributed by atoms with van der Waals surface area (Å²) in [5.41, 5.74) is -1.71. The van der Waals surface area contributed by atoms with Crippen LogP contribution in [0.15, 0.2) is 23.1 Å². The Hall–Kier alpha value is -2.34. The Labute approximate surface area is 196 Å². The number of likely N-dealkylation sites (tertiary alicyclic amines) is 1. The van der Waals surface area contributed by atoms with Gasteiger partial charge < -0.3 is 19.8 Å². The van der Waals surface area contributed by atoms with Crippen molar-refractivity contribution < 1.29 is 36.3 Å². The number of alkyl halides is 3. The molecule has 2 saturated heterocycles. The number of aliphatic carboxylic acids is 1. The van der Waals surface area contributed by atoms with Crippen molar-refractivity contribution >= 4 is 27.4 Å². The molecular formula is C22H28F3N3O5S. The summed E-state index contributed by atoms with van der Waals surface area (Å²) in [4.78, 5) is 28.5. The highest BCUT2D eigenvalue weighted by molar-refractivity contribution is 7.92. The second-order valence-corrected chi connectivity index (χ2v) is 11.9. The minimum absolute atomic E-state index is 0.285. The van der Waals surface area contributed by atoms with Gasteiger partial charge in [-0.05, 0) is 44.5 Å². The molecule has 2 heterocycles. The monoisotopic (exact) mass is 503 g/mol. The summed E-state index contributed by atoms with van der Waals surface area (Å²) >= 11 is 0. The van der Waals surface area contributed by atoms with Gasteiger partial charge in [0, 0.05) is 43.8 Å². The number of sulfone groups is 1. The summed E-state index contributed by atoms with van der Waals surface area (Å²) in [5, 5.41) is 8.14. The van der Waals surface area contributed by atoms with Crippen molar-refractivity contribution in [1.29, 1.82) is 0 Å². The fourth-order valence-corrected chi connectivity index (χ4v) is 6.55. The van der Waals surface area contributed by atoms with E-state index in [9.17, 15) is 36.3 Å². The van der Waals surface area contributed by atoms with Gasteiger partial charge in [0.1, 0.15) is 6.04 Å². The highest BCUT2D eigenvalue weighted by atomic mass is 32.2. The Balaban J connectivity index is 1.67. The van der Waals surface area contributed by atoms with Crippen LogP contribution in [0, 0.1) is 5.41 Å². The molecule has 34 heavy (non-hydrogen) atoms. The van der Waals surface area contributed by atoms with E-state index in [-0.39, 0.29) is 5.69 Å². The van der Waals surface area contributed by atoms with E-state index in [4.69, 9.17) is 0 Å². The maximum absolute atomic E-state index is 14.0. The first-order valence-electron chi connectivity index (χ1n) is 11.2.